The number of H-pyrrole nitrogens is 1. The fraction of sp³-hybridized carbons (Fsp3) is 0.900. The van der Waals surface area contributed by atoms with Crippen molar-refractivity contribution in [2.75, 3.05) is 19.6 Å². The molecule has 1 aliphatic heterocycles. The Morgan fingerprint density at radius 2 is 2.38 bits per heavy atom. The summed E-state index contributed by atoms with van der Waals surface area (Å²) >= 11 is 0. The maximum Gasteiger partial charge on any atom is 0.188 e. The summed E-state index contributed by atoms with van der Waals surface area (Å²) in [6.07, 6.45) is 3.73. The maximum absolute atomic E-state index is 3.94. The van der Waals surface area contributed by atoms with Gasteiger partial charge < -0.3 is 10.2 Å². The van der Waals surface area contributed by atoms with Gasteiger partial charge in [0.05, 0.1) is 6.54 Å². The highest BCUT2D eigenvalue weighted by Crippen LogP contribution is 2.10. The molecule has 0 spiro atoms. The Balaban J connectivity index is 1.73. The molecule has 1 saturated heterocycles. The van der Waals surface area contributed by atoms with E-state index in [4.69, 9.17) is 0 Å². The molecule has 1 fully saturated rings. The summed E-state index contributed by atoms with van der Waals surface area (Å²) in [5.74, 6) is 0.747. The number of tetrazole rings is 1. The fourth-order valence-corrected chi connectivity index (χ4v) is 2.17. The molecule has 6 nitrogen and oxygen atoms in total. The zero-order valence-electron chi connectivity index (χ0n) is 9.82. The van der Waals surface area contributed by atoms with E-state index in [-0.39, 0.29) is 0 Å². The Morgan fingerprint density at radius 1 is 1.44 bits per heavy atom. The highest BCUT2D eigenvalue weighted by atomic mass is 15.5. The molecular weight excluding hydrogens is 204 g/mol. The van der Waals surface area contributed by atoms with E-state index in [0.717, 1.165) is 12.4 Å². The van der Waals surface area contributed by atoms with Gasteiger partial charge in [0.2, 0.25) is 0 Å². The van der Waals surface area contributed by atoms with Gasteiger partial charge in [-0.1, -0.05) is 12.1 Å². The number of aromatic amines is 1. The SMILES string of the molecule is CCN1CCCC(NCc2nn[nH]n2)CC1. The van der Waals surface area contributed by atoms with Gasteiger partial charge in [-0.15, -0.1) is 10.2 Å². The van der Waals surface area contributed by atoms with Crippen LogP contribution in [0.25, 0.3) is 0 Å². The van der Waals surface area contributed by atoms with Crippen LogP contribution in [0.5, 0.6) is 0 Å². The van der Waals surface area contributed by atoms with Crippen molar-refractivity contribution in [1.82, 2.24) is 30.8 Å². The minimum Gasteiger partial charge on any atom is -0.307 e. The minimum atomic E-state index is 0.593. The molecule has 1 atom stereocenters. The van der Waals surface area contributed by atoms with Crippen LogP contribution in [0.15, 0.2) is 0 Å². The van der Waals surface area contributed by atoms with E-state index in [9.17, 15) is 0 Å². The van der Waals surface area contributed by atoms with E-state index >= 15 is 0 Å². The summed E-state index contributed by atoms with van der Waals surface area (Å²) in [5, 5.41) is 17.4. The summed E-state index contributed by atoms with van der Waals surface area (Å²) in [5.41, 5.74) is 0. The zero-order chi connectivity index (χ0) is 11.2. The molecule has 0 aliphatic carbocycles. The Morgan fingerprint density at radius 3 is 3.12 bits per heavy atom. The lowest BCUT2D eigenvalue weighted by Crippen LogP contribution is -2.30. The largest absolute Gasteiger partial charge is 0.307 e. The number of nitrogens with zero attached hydrogens (tertiary/aromatic N) is 4. The molecule has 1 unspecified atom stereocenters. The molecule has 2 heterocycles. The molecule has 1 aromatic rings. The number of aromatic nitrogens is 4. The Kier molecular flexibility index (Phi) is 4.24. The maximum atomic E-state index is 3.94. The smallest absolute Gasteiger partial charge is 0.188 e. The van der Waals surface area contributed by atoms with Gasteiger partial charge >= 0.3 is 0 Å². The standard InChI is InChI=1S/C10H20N6/c1-2-16-6-3-4-9(5-7-16)11-8-10-12-14-15-13-10/h9,11H,2-8H2,1H3,(H,12,13,14,15). The van der Waals surface area contributed by atoms with Crippen LogP contribution in [0.4, 0.5) is 0 Å². The minimum absolute atomic E-state index is 0.593. The van der Waals surface area contributed by atoms with E-state index in [2.05, 4.69) is 37.8 Å². The summed E-state index contributed by atoms with van der Waals surface area (Å²) in [4.78, 5) is 2.51. The van der Waals surface area contributed by atoms with Crippen molar-refractivity contribution < 1.29 is 0 Å². The molecule has 0 aromatic carbocycles. The van der Waals surface area contributed by atoms with Crippen LogP contribution in [0, 0.1) is 0 Å². The molecule has 1 aliphatic rings. The molecule has 6 heteroatoms. The Labute approximate surface area is 95.8 Å². The second kappa shape index (κ2) is 5.91. The first-order valence-electron chi connectivity index (χ1n) is 6.06. The number of hydrogen-bond donors (Lipinski definition) is 2. The third-order valence-electron chi connectivity index (χ3n) is 3.21. The quantitative estimate of drug-likeness (QED) is 0.762. The van der Waals surface area contributed by atoms with Crippen molar-refractivity contribution in [3.05, 3.63) is 5.82 Å². The molecule has 2 N–H and O–H groups in total. The lowest BCUT2D eigenvalue weighted by Gasteiger charge is -2.17. The summed E-state index contributed by atoms with van der Waals surface area (Å²) in [6.45, 7) is 6.54. The number of rotatable bonds is 4. The highest BCUT2D eigenvalue weighted by Gasteiger charge is 2.15. The monoisotopic (exact) mass is 224 g/mol. The van der Waals surface area contributed by atoms with Gasteiger partial charge in [-0.2, -0.15) is 5.21 Å². The lowest BCUT2D eigenvalue weighted by molar-refractivity contribution is 0.297. The molecule has 0 radical (unpaired) electrons. The van der Waals surface area contributed by atoms with Gasteiger partial charge in [0, 0.05) is 6.04 Å². The van der Waals surface area contributed by atoms with E-state index in [1.54, 1.807) is 0 Å². The zero-order valence-corrected chi connectivity index (χ0v) is 9.82. The topological polar surface area (TPSA) is 69.7 Å². The van der Waals surface area contributed by atoms with Crippen molar-refractivity contribution in [3.63, 3.8) is 0 Å². The molecular formula is C10H20N6. The Hall–Kier alpha value is -1.01. The van der Waals surface area contributed by atoms with Crippen LogP contribution in [-0.2, 0) is 6.54 Å². The summed E-state index contributed by atoms with van der Waals surface area (Å²) < 4.78 is 0. The molecule has 90 valence electrons. The number of likely N-dealkylation sites (tertiary alicyclic amines) is 1. The van der Waals surface area contributed by atoms with Gasteiger partial charge in [0.1, 0.15) is 0 Å². The molecule has 2 rings (SSSR count). The third kappa shape index (κ3) is 3.24. The summed E-state index contributed by atoms with van der Waals surface area (Å²) in [6, 6.07) is 0.593. The predicted octanol–water partition coefficient (Wildman–Crippen LogP) is 0.164. The highest BCUT2D eigenvalue weighted by molar-refractivity contribution is 4.79. The van der Waals surface area contributed by atoms with Crippen LogP contribution in [-0.4, -0.2) is 51.2 Å². The fourth-order valence-electron chi connectivity index (χ4n) is 2.17. The molecule has 0 saturated carbocycles. The normalized spacial score (nSPS) is 23.2. The Bertz CT molecular complexity index is 286. The van der Waals surface area contributed by atoms with Crippen molar-refractivity contribution in [1.29, 1.82) is 0 Å². The van der Waals surface area contributed by atoms with Crippen LogP contribution < -0.4 is 5.32 Å². The average Bonchev–Trinajstić information content (AvgIpc) is 2.72. The van der Waals surface area contributed by atoms with Gasteiger partial charge in [0.25, 0.3) is 0 Å². The second-order valence-electron chi connectivity index (χ2n) is 4.27. The molecule has 16 heavy (non-hydrogen) atoms. The first-order valence-corrected chi connectivity index (χ1v) is 6.06. The number of nitrogens with one attached hydrogen (secondary N) is 2. The molecule has 0 amide bonds. The average molecular weight is 224 g/mol. The first kappa shape index (κ1) is 11.5. The van der Waals surface area contributed by atoms with E-state index in [1.807, 2.05) is 0 Å². The van der Waals surface area contributed by atoms with Crippen LogP contribution in [0.2, 0.25) is 0 Å². The predicted molar refractivity (Wildman–Crippen MR) is 60.8 cm³/mol. The van der Waals surface area contributed by atoms with E-state index < -0.39 is 0 Å². The first-order chi connectivity index (χ1) is 7.88. The van der Waals surface area contributed by atoms with Crippen LogP contribution >= 0.6 is 0 Å². The van der Waals surface area contributed by atoms with Crippen molar-refractivity contribution in [2.24, 2.45) is 0 Å². The van der Waals surface area contributed by atoms with Gasteiger partial charge in [-0.05, 0) is 38.9 Å². The van der Waals surface area contributed by atoms with Crippen molar-refractivity contribution >= 4 is 0 Å². The van der Waals surface area contributed by atoms with Crippen LogP contribution in [0.3, 0.4) is 0 Å². The van der Waals surface area contributed by atoms with Crippen LogP contribution in [0.1, 0.15) is 32.0 Å². The third-order valence-corrected chi connectivity index (χ3v) is 3.21. The lowest BCUT2D eigenvalue weighted by atomic mass is 10.1. The molecule has 1 aromatic heterocycles. The van der Waals surface area contributed by atoms with Gasteiger partial charge in [0.15, 0.2) is 5.82 Å². The summed E-state index contributed by atoms with van der Waals surface area (Å²) in [7, 11) is 0. The van der Waals surface area contributed by atoms with Crippen molar-refractivity contribution in [3.8, 4) is 0 Å². The van der Waals surface area contributed by atoms with E-state index in [1.165, 1.54) is 32.4 Å². The molecule has 0 bridgehead atoms. The van der Waals surface area contributed by atoms with Crippen molar-refractivity contribution in [2.45, 2.75) is 38.8 Å². The number of hydrogen-bond acceptors (Lipinski definition) is 5. The van der Waals surface area contributed by atoms with Gasteiger partial charge in [-0.25, -0.2) is 0 Å². The second-order valence-corrected chi connectivity index (χ2v) is 4.27. The van der Waals surface area contributed by atoms with Gasteiger partial charge in [-0.3, -0.25) is 0 Å². The van der Waals surface area contributed by atoms with E-state index in [0.29, 0.717) is 12.6 Å².